The average molecular weight is 293 g/mol. The lowest BCUT2D eigenvalue weighted by molar-refractivity contribution is -0.117. The molecule has 1 aromatic rings. The van der Waals surface area contributed by atoms with Crippen LogP contribution < -0.4 is 11.1 Å². The van der Waals surface area contributed by atoms with Crippen LogP contribution in [-0.4, -0.2) is 47.6 Å². The Kier molecular flexibility index (Phi) is 6.84. The fourth-order valence-electron chi connectivity index (χ4n) is 1.90. The Morgan fingerprint density at radius 3 is 2.38 bits per heavy atom. The molecule has 0 fully saturated rings. The van der Waals surface area contributed by atoms with Gasteiger partial charge in [0.1, 0.15) is 0 Å². The number of aliphatic hydroxyl groups excluding tert-OH is 1. The first kappa shape index (κ1) is 17.1. The molecule has 0 aliphatic rings. The minimum atomic E-state index is -0.497. The molecule has 6 nitrogen and oxygen atoms in total. The largest absolute Gasteiger partial charge is 0.396 e. The Morgan fingerprint density at radius 2 is 1.90 bits per heavy atom. The summed E-state index contributed by atoms with van der Waals surface area (Å²) in [5, 5.41) is 11.6. The number of nitrogens with zero attached hydrogens (tertiary/aromatic N) is 1. The van der Waals surface area contributed by atoms with E-state index in [0.29, 0.717) is 24.2 Å². The summed E-state index contributed by atoms with van der Waals surface area (Å²) < 4.78 is 0. The van der Waals surface area contributed by atoms with Gasteiger partial charge in [-0.05, 0) is 44.5 Å². The van der Waals surface area contributed by atoms with E-state index < -0.39 is 5.91 Å². The molecule has 6 heteroatoms. The van der Waals surface area contributed by atoms with E-state index in [4.69, 9.17) is 10.8 Å². The smallest absolute Gasteiger partial charge is 0.248 e. The average Bonchev–Trinajstić information content (AvgIpc) is 2.43. The maximum absolute atomic E-state index is 12.0. The quantitative estimate of drug-likeness (QED) is 0.661. The van der Waals surface area contributed by atoms with Crippen LogP contribution in [0.4, 0.5) is 5.69 Å². The van der Waals surface area contributed by atoms with Crippen molar-refractivity contribution in [2.75, 3.05) is 25.0 Å². The first-order valence-corrected chi connectivity index (χ1v) is 6.98. The second kappa shape index (κ2) is 8.39. The number of amides is 2. The van der Waals surface area contributed by atoms with Gasteiger partial charge >= 0.3 is 0 Å². The van der Waals surface area contributed by atoms with Crippen molar-refractivity contribution in [2.24, 2.45) is 5.73 Å². The van der Waals surface area contributed by atoms with E-state index in [1.54, 1.807) is 24.3 Å². The van der Waals surface area contributed by atoms with E-state index in [-0.39, 0.29) is 25.1 Å². The van der Waals surface area contributed by atoms with Crippen LogP contribution in [0, 0.1) is 0 Å². The number of benzene rings is 1. The van der Waals surface area contributed by atoms with E-state index in [1.165, 1.54) is 0 Å². The normalized spacial score (nSPS) is 10.9. The molecular formula is C15H23N3O3. The number of rotatable bonds is 8. The van der Waals surface area contributed by atoms with Gasteiger partial charge in [0.25, 0.3) is 0 Å². The van der Waals surface area contributed by atoms with Gasteiger partial charge in [0.05, 0.1) is 6.54 Å². The van der Waals surface area contributed by atoms with Gasteiger partial charge in [-0.25, -0.2) is 0 Å². The maximum Gasteiger partial charge on any atom is 0.248 e. The highest BCUT2D eigenvalue weighted by atomic mass is 16.3. The Morgan fingerprint density at radius 1 is 1.29 bits per heavy atom. The van der Waals surface area contributed by atoms with Crippen molar-refractivity contribution in [3.05, 3.63) is 29.8 Å². The predicted octanol–water partition coefficient (Wildman–Crippen LogP) is 0.817. The zero-order chi connectivity index (χ0) is 15.8. The van der Waals surface area contributed by atoms with Gasteiger partial charge in [-0.1, -0.05) is 0 Å². The molecule has 0 spiro atoms. The number of anilines is 1. The van der Waals surface area contributed by atoms with Crippen molar-refractivity contribution < 1.29 is 14.7 Å². The molecule has 4 N–H and O–H groups in total. The van der Waals surface area contributed by atoms with Gasteiger partial charge in [0.15, 0.2) is 0 Å². The first-order chi connectivity index (χ1) is 9.93. The highest BCUT2D eigenvalue weighted by molar-refractivity contribution is 5.95. The molecule has 0 radical (unpaired) electrons. The summed E-state index contributed by atoms with van der Waals surface area (Å²) in [7, 11) is 0. The number of carbonyl (C=O) groups excluding carboxylic acids is 2. The Bertz CT molecular complexity index is 472. The summed E-state index contributed by atoms with van der Waals surface area (Å²) in [5.41, 5.74) is 6.18. The molecule has 1 rings (SSSR count). The highest BCUT2D eigenvalue weighted by Crippen LogP contribution is 2.09. The first-order valence-electron chi connectivity index (χ1n) is 6.98. The van der Waals surface area contributed by atoms with Crippen LogP contribution in [0.25, 0.3) is 0 Å². The van der Waals surface area contributed by atoms with E-state index in [2.05, 4.69) is 5.32 Å². The number of hydrogen-bond donors (Lipinski definition) is 3. The molecule has 0 unspecified atom stereocenters. The van der Waals surface area contributed by atoms with Crippen LogP contribution in [0.2, 0.25) is 0 Å². The second-order valence-electron chi connectivity index (χ2n) is 5.13. The van der Waals surface area contributed by atoms with Crippen molar-refractivity contribution >= 4 is 17.5 Å². The van der Waals surface area contributed by atoms with Gasteiger partial charge in [-0.15, -0.1) is 0 Å². The number of nitrogens with two attached hydrogens (primary N) is 1. The topological polar surface area (TPSA) is 95.7 Å². The number of aliphatic hydroxyl groups is 1. The molecule has 0 heterocycles. The van der Waals surface area contributed by atoms with Crippen molar-refractivity contribution in [2.45, 2.75) is 26.3 Å². The fraction of sp³-hybridized carbons (Fsp3) is 0.467. The molecule has 0 bridgehead atoms. The van der Waals surface area contributed by atoms with Gasteiger partial charge in [0, 0.05) is 30.4 Å². The minimum Gasteiger partial charge on any atom is -0.396 e. The maximum atomic E-state index is 12.0. The molecule has 0 saturated carbocycles. The molecule has 2 amide bonds. The van der Waals surface area contributed by atoms with Crippen molar-refractivity contribution in [1.82, 2.24) is 4.90 Å². The summed E-state index contributed by atoms with van der Waals surface area (Å²) >= 11 is 0. The molecule has 0 aromatic heterocycles. The van der Waals surface area contributed by atoms with Gasteiger partial charge < -0.3 is 16.2 Å². The monoisotopic (exact) mass is 293 g/mol. The molecule has 0 aliphatic carbocycles. The lowest BCUT2D eigenvalue weighted by atomic mass is 10.2. The van der Waals surface area contributed by atoms with E-state index in [0.717, 1.165) is 0 Å². The second-order valence-corrected chi connectivity index (χ2v) is 5.13. The van der Waals surface area contributed by atoms with Crippen LogP contribution >= 0.6 is 0 Å². The fourth-order valence-corrected chi connectivity index (χ4v) is 1.90. The van der Waals surface area contributed by atoms with Crippen LogP contribution in [0.15, 0.2) is 24.3 Å². The molecule has 1 aromatic carbocycles. The number of carbonyl (C=O) groups is 2. The van der Waals surface area contributed by atoms with Crippen LogP contribution in [0.3, 0.4) is 0 Å². The molecular weight excluding hydrogens is 270 g/mol. The van der Waals surface area contributed by atoms with Crippen LogP contribution in [0.1, 0.15) is 30.6 Å². The Hall–Kier alpha value is -1.92. The third-order valence-corrected chi connectivity index (χ3v) is 3.13. The Labute approximate surface area is 124 Å². The third kappa shape index (κ3) is 5.93. The minimum absolute atomic E-state index is 0.111. The zero-order valence-electron chi connectivity index (χ0n) is 12.5. The van der Waals surface area contributed by atoms with Crippen molar-refractivity contribution in [3.63, 3.8) is 0 Å². The van der Waals surface area contributed by atoms with Gasteiger partial charge in [-0.3, -0.25) is 14.5 Å². The van der Waals surface area contributed by atoms with E-state index in [1.807, 2.05) is 18.7 Å². The lowest BCUT2D eigenvalue weighted by Gasteiger charge is -2.25. The molecule has 21 heavy (non-hydrogen) atoms. The molecule has 0 atom stereocenters. The number of nitrogens with one attached hydrogen (secondary N) is 1. The SMILES string of the molecule is CC(C)N(CCCO)CC(=O)Nc1ccc(C(N)=O)cc1. The summed E-state index contributed by atoms with van der Waals surface area (Å²) in [5.74, 6) is -0.628. The zero-order valence-corrected chi connectivity index (χ0v) is 12.5. The Balaban J connectivity index is 2.57. The number of hydrogen-bond acceptors (Lipinski definition) is 4. The number of primary amides is 1. The van der Waals surface area contributed by atoms with E-state index in [9.17, 15) is 9.59 Å². The van der Waals surface area contributed by atoms with E-state index >= 15 is 0 Å². The van der Waals surface area contributed by atoms with Gasteiger partial charge in [0.2, 0.25) is 11.8 Å². The summed E-state index contributed by atoms with van der Waals surface area (Å²) in [6.45, 7) is 5.05. The summed E-state index contributed by atoms with van der Waals surface area (Å²) in [6.07, 6.45) is 0.638. The lowest BCUT2D eigenvalue weighted by Crippen LogP contribution is -2.39. The molecule has 0 aliphatic heterocycles. The summed E-state index contributed by atoms with van der Waals surface area (Å²) in [4.78, 5) is 25.0. The van der Waals surface area contributed by atoms with Crippen molar-refractivity contribution in [1.29, 1.82) is 0 Å². The van der Waals surface area contributed by atoms with Crippen LogP contribution in [-0.2, 0) is 4.79 Å². The standard InChI is InChI=1S/C15H23N3O3/c1-11(2)18(8-3-9-19)10-14(20)17-13-6-4-12(5-7-13)15(16)21/h4-7,11,19H,3,8-10H2,1-2H3,(H2,16,21)(H,17,20). The highest BCUT2D eigenvalue weighted by Gasteiger charge is 2.13. The molecule has 116 valence electrons. The third-order valence-electron chi connectivity index (χ3n) is 3.13. The van der Waals surface area contributed by atoms with Gasteiger partial charge in [-0.2, -0.15) is 0 Å². The predicted molar refractivity (Wildman–Crippen MR) is 82.0 cm³/mol. The summed E-state index contributed by atoms with van der Waals surface area (Å²) in [6, 6.07) is 6.66. The molecule has 0 saturated heterocycles. The van der Waals surface area contributed by atoms with Crippen LogP contribution in [0.5, 0.6) is 0 Å². The van der Waals surface area contributed by atoms with Crippen molar-refractivity contribution in [3.8, 4) is 0 Å².